The number of ether oxygens (including phenoxy) is 1. The Labute approximate surface area is 195 Å². The first-order valence-electron chi connectivity index (χ1n) is 12.6. The maximum atomic E-state index is 7.30. The molecule has 3 heterocycles. The number of fused-ring (bicyclic) bond motifs is 2. The zero-order valence-electron chi connectivity index (χ0n) is 19.6. The molecule has 1 saturated carbocycles. The van der Waals surface area contributed by atoms with Crippen LogP contribution in [0.4, 0.5) is 0 Å². The van der Waals surface area contributed by atoms with Crippen LogP contribution in [0.15, 0.2) is 66.0 Å². The van der Waals surface area contributed by atoms with E-state index in [0.717, 1.165) is 44.9 Å². The predicted molar refractivity (Wildman–Crippen MR) is 130 cm³/mol. The molecule has 3 aliphatic carbocycles. The molecule has 0 radical (unpaired) electrons. The largest absolute Gasteiger partial charge is 0.359 e. The van der Waals surface area contributed by atoms with E-state index in [9.17, 15) is 0 Å². The summed E-state index contributed by atoms with van der Waals surface area (Å²) in [5.41, 5.74) is 8.52. The van der Waals surface area contributed by atoms with E-state index in [1.165, 1.54) is 33.1 Å². The van der Waals surface area contributed by atoms with E-state index in [2.05, 4.69) is 59.9 Å². The standard InChI is InChI=1S/C29H32N2O2/c1-27-11-9-23-16-22-5-6-24(32-30-2)17-28(22)12-13-29(23,33-28)26(27)8-7-25(27)20-4-3-19-10-14-31-18-21(19)15-20/h3-4,7,9-10,14-16,18,24,26,30H,5-6,8,11-13,17H2,1-2H3. The molecule has 170 valence electrons. The summed E-state index contributed by atoms with van der Waals surface area (Å²) in [6.07, 6.45) is 19.2. The van der Waals surface area contributed by atoms with E-state index in [-0.39, 0.29) is 22.7 Å². The van der Waals surface area contributed by atoms with Crippen molar-refractivity contribution in [2.75, 3.05) is 7.05 Å². The monoisotopic (exact) mass is 440 g/mol. The molecule has 7 rings (SSSR count). The molecule has 2 aromatic rings. The number of hydroxylamine groups is 1. The van der Waals surface area contributed by atoms with E-state index >= 15 is 0 Å². The number of hydrogen-bond donors (Lipinski definition) is 1. The van der Waals surface area contributed by atoms with E-state index in [4.69, 9.17) is 9.57 Å². The van der Waals surface area contributed by atoms with Gasteiger partial charge in [0.2, 0.25) is 0 Å². The van der Waals surface area contributed by atoms with Gasteiger partial charge in [-0.05, 0) is 78.3 Å². The van der Waals surface area contributed by atoms with Crippen LogP contribution >= 0.6 is 0 Å². The Morgan fingerprint density at radius 3 is 3.00 bits per heavy atom. The summed E-state index contributed by atoms with van der Waals surface area (Å²) in [6, 6.07) is 8.96. The van der Waals surface area contributed by atoms with Crippen molar-refractivity contribution in [3.63, 3.8) is 0 Å². The van der Waals surface area contributed by atoms with Crippen LogP contribution in [0.3, 0.4) is 0 Å². The Bertz CT molecular complexity index is 1250. The maximum absolute atomic E-state index is 7.30. The van der Waals surface area contributed by atoms with Gasteiger partial charge in [0.05, 0.1) is 17.3 Å². The molecule has 33 heavy (non-hydrogen) atoms. The molecule has 1 aromatic heterocycles. The molecule has 0 amide bonds. The van der Waals surface area contributed by atoms with Crippen LogP contribution in [0.2, 0.25) is 0 Å². The van der Waals surface area contributed by atoms with Gasteiger partial charge in [-0.25, -0.2) is 5.48 Å². The van der Waals surface area contributed by atoms with Crippen LogP contribution in [0.5, 0.6) is 0 Å². The number of allylic oxidation sites excluding steroid dienone is 3. The molecule has 2 aliphatic heterocycles. The fraction of sp³-hybridized carbons (Fsp3) is 0.483. The molecule has 1 aromatic carbocycles. The highest BCUT2D eigenvalue weighted by molar-refractivity contribution is 5.87. The van der Waals surface area contributed by atoms with E-state index in [1.807, 2.05) is 19.4 Å². The minimum atomic E-state index is -0.158. The first-order chi connectivity index (χ1) is 16.1. The first-order valence-corrected chi connectivity index (χ1v) is 12.6. The molecule has 5 unspecified atom stereocenters. The third-order valence-corrected chi connectivity index (χ3v) is 9.46. The average Bonchev–Trinajstić information content (AvgIpc) is 3.34. The van der Waals surface area contributed by atoms with E-state index < -0.39 is 0 Å². The predicted octanol–water partition coefficient (Wildman–Crippen LogP) is 5.91. The number of rotatable bonds is 3. The summed E-state index contributed by atoms with van der Waals surface area (Å²) < 4.78 is 7.30. The van der Waals surface area contributed by atoms with Crippen LogP contribution in [0.1, 0.15) is 57.4 Å². The minimum Gasteiger partial charge on any atom is -0.359 e. The quantitative estimate of drug-likeness (QED) is 0.603. The van der Waals surface area contributed by atoms with Gasteiger partial charge in [-0.2, -0.15) is 0 Å². The van der Waals surface area contributed by atoms with Crippen molar-refractivity contribution in [2.45, 2.75) is 69.2 Å². The second kappa shape index (κ2) is 6.88. The van der Waals surface area contributed by atoms with Crippen molar-refractivity contribution in [3.8, 4) is 0 Å². The highest BCUT2D eigenvalue weighted by Crippen LogP contribution is 2.67. The molecular formula is C29H32N2O2. The average molecular weight is 441 g/mol. The van der Waals surface area contributed by atoms with E-state index in [0.29, 0.717) is 5.92 Å². The van der Waals surface area contributed by atoms with Gasteiger partial charge in [0.25, 0.3) is 0 Å². The zero-order valence-corrected chi connectivity index (χ0v) is 19.6. The third kappa shape index (κ3) is 2.66. The summed E-state index contributed by atoms with van der Waals surface area (Å²) in [6.45, 7) is 2.48. The molecule has 2 bridgehead atoms. The Hall–Kier alpha value is -2.27. The Morgan fingerprint density at radius 2 is 2.09 bits per heavy atom. The lowest BCUT2D eigenvalue weighted by Crippen LogP contribution is -2.54. The normalized spacial score (nSPS) is 38.8. The topological polar surface area (TPSA) is 43.4 Å². The molecule has 4 heteroatoms. The lowest BCUT2D eigenvalue weighted by Gasteiger charge is -2.54. The molecule has 4 nitrogen and oxygen atoms in total. The van der Waals surface area contributed by atoms with Crippen molar-refractivity contribution in [2.24, 2.45) is 11.3 Å². The molecule has 1 saturated heterocycles. The first kappa shape index (κ1) is 20.1. The van der Waals surface area contributed by atoms with Crippen molar-refractivity contribution in [1.29, 1.82) is 0 Å². The number of pyridine rings is 1. The summed E-state index contributed by atoms with van der Waals surface area (Å²) >= 11 is 0. The second-order valence-electron chi connectivity index (χ2n) is 11.0. The minimum absolute atomic E-state index is 0.0891. The molecule has 1 N–H and O–H groups in total. The summed E-state index contributed by atoms with van der Waals surface area (Å²) in [5.74, 6) is 0.479. The Balaban J connectivity index is 1.27. The van der Waals surface area contributed by atoms with Crippen LogP contribution < -0.4 is 5.48 Å². The number of aromatic nitrogens is 1. The van der Waals surface area contributed by atoms with Gasteiger partial charge in [-0.1, -0.05) is 37.3 Å². The van der Waals surface area contributed by atoms with Crippen molar-refractivity contribution in [1.82, 2.24) is 10.5 Å². The lowest BCUT2D eigenvalue weighted by atomic mass is 9.58. The van der Waals surface area contributed by atoms with Gasteiger partial charge in [-0.3, -0.25) is 9.82 Å². The molecule has 2 spiro atoms. The summed E-state index contributed by atoms with van der Waals surface area (Å²) in [7, 11) is 1.86. The molecule has 5 aliphatic rings. The molecule has 5 atom stereocenters. The second-order valence-corrected chi connectivity index (χ2v) is 11.0. The number of nitrogens with one attached hydrogen (secondary N) is 1. The van der Waals surface area contributed by atoms with Crippen LogP contribution in [0, 0.1) is 11.3 Å². The number of hydrogen-bond acceptors (Lipinski definition) is 4. The smallest absolute Gasteiger partial charge is 0.0980 e. The van der Waals surface area contributed by atoms with Gasteiger partial charge in [-0.15, -0.1) is 0 Å². The van der Waals surface area contributed by atoms with Crippen molar-refractivity contribution in [3.05, 3.63) is 71.6 Å². The van der Waals surface area contributed by atoms with Gasteiger partial charge >= 0.3 is 0 Å². The SMILES string of the molecule is CNOC1CCC2=CC3=CCC4(C)C(c5ccc6ccncc6c5)=CCC4C34CCC2(C1)O4. The third-order valence-electron chi connectivity index (χ3n) is 9.46. The van der Waals surface area contributed by atoms with Gasteiger partial charge < -0.3 is 4.74 Å². The van der Waals surface area contributed by atoms with Gasteiger partial charge in [0, 0.05) is 42.6 Å². The summed E-state index contributed by atoms with van der Waals surface area (Å²) in [5, 5.41) is 2.47. The van der Waals surface area contributed by atoms with Gasteiger partial charge in [0.1, 0.15) is 0 Å². The number of nitrogens with zero attached hydrogens (tertiary/aromatic N) is 1. The van der Waals surface area contributed by atoms with Crippen molar-refractivity contribution < 1.29 is 9.57 Å². The van der Waals surface area contributed by atoms with Crippen LogP contribution in [-0.4, -0.2) is 29.3 Å². The Morgan fingerprint density at radius 1 is 1.15 bits per heavy atom. The molecule has 2 fully saturated rings. The molecular weight excluding hydrogens is 408 g/mol. The van der Waals surface area contributed by atoms with Crippen LogP contribution in [-0.2, 0) is 9.57 Å². The fourth-order valence-electron chi connectivity index (χ4n) is 7.91. The van der Waals surface area contributed by atoms with Gasteiger partial charge in [0.15, 0.2) is 0 Å². The Kier molecular flexibility index (Phi) is 4.20. The lowest BCUT2D eigenvalue weighted by molar-refractivity contribution is -0.152. The van der Waals surface area contributed by atoms with E-state index in [1.54, 1.807) is 0 Å². The maximum Gasteiger partial charge on any atom is 0.0980 e. The highest BCUT2D eigenvalue weighted by atomic mass is 16.7. The fourth-order valence-corrected chi connectivity index (χ4v) is 7.91. The number of benzene rings is 1. The van der Waals surface area contributed by atoms with Crippen molar-refractivity contribution >= 4 is 16.3 Å². The van der Waals surface area contributed by atoms with Crippen LogP contribution in [0.25, 0.3) is 16.3 Å². The zero-order chi connectivity index (χ0) is 22.3. The highest BCUT2D eigenvalue weighted by Gasteiger charge is 2.65. The summed E-state index contributed by atoms with van der Waals surface area (Å²) in [4.78, 5) is 10.2.